The molecule has 0 radical (unpaired) electrons. The third-order valence-electron chi connectivity index (χ3n) is 4.25. The standard InChI is InChI=1S/C19H21Cl2N3O2/c1-2-26-18-6-4-3-5-16(18)22-19(25)24-11-9-23(10-12-24)17-8-7-14(20)13-15(17)21/h3-8,13H,2,9-12H2,1H3,(H,22,25). The van der Waals surface area contributed by atoms with Gasteiger partial charge in [-0.25, -0.2) is 4.79 Å². The van der Waals surface area contributed by atoms with Gasteiger partial charge in [0.15, 0.2) is 0 Å². The molecule has 1 N–H and O–H groups in total. The largest absolute Gasteiger partial charge is 0.492 e. The van der Waals surface area contributed by atoms with E-state index in [0.717, 1.165) is 5.69 Å². The lowest BCUT2D eigenvalue weighted by atomic mass is 10.2. The third-order valence-corrected chi connectivity index (χ3v) is 4.78. The monoisotopic (exact) mass is 393 g/mol. The molecule has 0 bridgehead atoms. The van der Waals surface area contributed by atoms with Crippen LogP contribution < -0.4 is 15.0 Å². The van der Waals surface area contributed by atoms with Crippen molar-refractivity contribution >= 4 is 40.6 Å². The van der Waals surface area contributed by atoms with Gasteiger partial charge in [-0.1, -0.05) is 35.3 Å². The Morgan fingerprint density at radius 1 is 1.12 bits per heavy atom. The molecule has 2 aromatic carbocycles. The molecule has 0 aromatic heterocycles. The molecular weight excluding hydrogens is 373 g/mol. The summed E-state index contributed by atoms with van der Waals surface area (Å²) in [6.45, 7) is 5.11. The van der Waals surface area contributed by atoms with Crippen LogP contribution in [0.2, 0.25) is 10.0 Å². The Morgan fingerprint density at radius 2 is 1.85 bits per heavy atom. The summed E-state index contributed by atoms with van der Waals surface area (Å²) in [5.74, 6) is 0.676. The molecule has 1 saturated heterocycles. The predicted molar refractivity (Wildman–Crippen MR) is 107 cm³/mol. The summed E-state index contributed by atoms with van der Waals surface area (Å²) in [5, 5.41) is 4.18. The summed E-state index contributed by atoms with van der Waals surface area (Å²) in [7, 11) is 0. The normalized spacial score (nSPS) is 14.3. The smallest absolute Gasteiger partial charge is 0.322 e. The van der Waals surface area contributed by atoms with Crippen LogP contribution in [0, 0.1) is 0 Å². The number of rotatable bonds is 4. The average Bonchev–Trinajstić information content (AvgIpc) is 2.64. The highest BCUT2D eigenvalue weighted by atomic mass is 35.5. The zero-order chi connectivity index (χ0) is 18.5. The van der Waals surface area contributed by atoms with Gasteiger partial charge in [-0.2, -0.15) is 0 Å². The van der Waals surface area contributed by atoms with Crippen LogP contribution in [-0.4, -0.2) is 43.7 Å². The SMILES string of the molecule is CCOc1ccccc1NC(=O)N1CCN(c2ccc(Cl)cc2Cl)CC1. The summed E-state index contributed by atoms with van der Waals surface area (Å²) in [6.07, 6.45) is 0. The summed E-state index contributed by atoms with van der Waals surface area (Å²) in [5.41, 5.74) is 1.63. The molecule has 0 saturated carbocycles. The van der Waals surface area contributed by atoms with Gasteiger partial charge in [0.1, 0.15) is 5.75 Å². The number of benzene rings is 2. The number of halogens is 2. The molecular formula is C19H21Cl2N3O2. The van der Waals surface area contributed by atoms with E-state index in [-0.39, 0.29) is 6.03 Å². The van der Waals surface area contributed by atoms with E-state index in [1.165, 1.54) is 0 Å². The lowest BCUT2D eigenvalue weighted by molar-refractivity contribution is 0.208. The van der Waals surface area contributed by atoms with Crippen LogP contribution in [0.4, 0.5) is 16.2 Å². The number of carbonyl (C=O) groups is 1. The topological polar surface area (TPSA) is 44.8 Å². The molecule has 2 amide bonds. The van der Waals surface area contributed by atoms with Gasteiger partial charge in [-0.15, -0.1) is 0 Å². The molecule has 1 heterocycles. The number of ether oxygens (including phenoxy) is 1. The fourth-order valence-corrected chi connectivity index (χ4v) is 3.46. The number of amides is 2. The van der Waals surface area contributed by atoms with Gasteiger partial charge in [-0.05, 0) is 37.3 Å². The van der Waals surface area contributed by atoms with E-state index in [1.54, 1.807) is 11.0 Å². The Kier molecular flexibility index (Phi) is 6.12. The highest BCUT2D eigenvalue weighted by molar-refractivity contribution is 6.36. The molecule has 5 nitrogen and oxygen atoms in total. The number of piperazine rings is 1. The van der Waals surface area contributed by atoms with Gasteiger partial charge < -0.3 is 19.9 Å². The maximum Gasteiger partial charge on any atom is 0.322 e. The Balaban J connectivity index is 1.60. The van der Waals surface area contributed by atoms with Crippen LogP contribution >= 0.6 is 23.2 Å². The fourth-order valence-electron chi connectivity index (χ4n) is 2.93. The molecule has 7 heteroatoms. The van der Waals surface area contributed by atoms with Crippen molar-refractivity contribution in [2.45, 2.75) is 6.92 Å². The predicted octanol–water partition coefficient (Wildman–Crippen LogP) is 4.75. The van der Waals surface area contributed by atoms with E-state index < -0.39 is 0 Å². The van der Waals surface area contributed by atoms with Crippen molar-refractivity contribution in [1.29, 1.82) is 0 Å². The minimum atomic E-state index is -0.126. The van der Waals surface area contributed by atoms with Crippen molar-refractivity contribution in [2.75, 3.05) is 43.0 Å². The minimum Gasteiger partial charge on any atom is -0.492 e. The molecule has 26 heavy (non-hydrogen) atoms. The van der Waals surface area contributed by atoms with E-state index in [4.69, 9.17) is 27.9 Å². The van der Waals surface area contributed by atoms with E-state index in [2.05, 4.69) is 10.2 Å². The van der Waals surface area contributed by atoms with Gasteiger partial charge >= 0.3 is 6.03 Å². The van der Waals surface area contributed by atoms with Crippen LogP contribution in [0.3, 0.4) is 0 Å². The average molecular weight is 394 g/mol. The second-order valence-corrected chi connectivity index (χ2v) is 6.77. The fraction of sp³-hybridized carbons (Fsp3) is 0.316. The van der Waals surface area contributed by atoms with Crippen molar-refractivity contribution < 1.29 is 9.53 Å². The van der Waals surface area contributed by atoms with Crippen molar-refractivity contribution in [3.63, 3.8) is 0 Å². The van der Waals surface area contributed by atoms with E-state index in [9.17, 15) is 4.79 Å². The van der Waals surface area contributed by atoms with Gasteiger partial charge in [-0.3, -0.25) is 0 Å². The lowest BCUT2D eigenvalue weighted by Crippen LogP contribution is -2.50. The van der Waals surface area contributed by atoms with Gasteiger partial charge in [0.2, 0.25) is 0 Å². The molecule has 3 rings (SSSR count). The first-order valence-corrected chi connectivity index (χ1v) is 9.32. The molecule has 1 fully saturated rings. The molecule has 2 aromatic rings. The first-order chi connectivity index (χ1) is 12.6. The van der Waals surface area contributed by atoms with Gasteiger partial charge in [0.25, 0.3) is 0 Å². The number of hydrogen-bond acceptors (Lipinski definition) is 3. The second-order valence-electron chi connectivity index (χ2n) is 5.93. The van der Waals surface area contributed by atoms with Crippen LogP contribution in [0.1, 0.15) is 6.92 Å². The zero-order valence-corrected chi connectivity index (χ0v) is 16.1. The Hall–Kier alpha value is -2.11. The van der Waals surface area contributed by atoms with Gasteiger partial charge in [0.05, 0.1) is 23.0 Å². The highest BCUT2D eigenvalue weighted by Gasteiger charge is 2.23. The summed E-state index contributed by atoms with van der Waals surface area (Å²) in [6, 6.07) is 12.8. The summed E-state index contributed by atoms with van der Waals surface area (Å²) < 4.78 is 5.56. The van der Waals surface area contributed by atoms with E-state index >= 15 is 0 Å². The molecule has 1 aliphatic heterocycles. The first kappa shape index (κ1) is 18.7. The van der Waals surface area contributed by atoms with Crippen LogP contribution in [-0.2, 0) is 0 Å². The number of nitrogens with zero attached hydrogens (tertiary/aromatic N) is 2. The molecule has 0 aliphatic carbocycles. The zero-order valence-electron chi connectivity index (χ0n) is 14.5. The summed E-state index contributed by atoms with van der Waals surface area (Å²) >= 11 is 12.2. The van der Waals surface area contributed by atoms with Crippen LogP contribution in [0.25, 0.3) is 0 Å². The Labute approximate surface area is 163 Å². The Morgan fingerprint density at radius 3 is 2.54 bits per heavy atom. The van der Waals surface area contributed by atoms with Crippen molar-refractivity contribution in [2.24, 2.45) is 0 Å². The third kappa shape index (κ3) is 4.34. The van der Waals surface area contributed by atoms with Crippen LogP contribution in [0.15, 0.2) is 42.5 Å². The van der Waals surface area contributed by atoms with Crippen molar-refractivity contribution in [1.82, 2.24) is 4.90 Å². The molecule has 138 valence electrons. The number of nitrogens with one attached hydrogen (secondary N) is 1. The first-order valence-electron chi connectivity index (χ1n) is 8.56. The Bertz CT molecular complexity index is 777. The number of hydrogen-bond donors (Lipinski definition) is 1. The number of carbonyl (C=O) groups excluding carboxylic acids is 1. The van der Waals surface area contributed by atoms with E-state index in [0.29, 0.717) is 54.3 Å². The lowest BCUT2D eigenvalue weighted by Gasteiger charge is -2.36. The van der Waals surface area contributed by atoms with Crippen molar-refractivity contribution in [3.05, 3.63) is 52.5 Å². The van der Waals surface area contributed by atoms with Crippen LogP contribution in [0.5, 0.6) is 5.75 Å². The van der Waals surface area contributed by atoms with Gasteiger partial charge in [0, 0.05) is 31.2 Å². The molecule has 0 spiro atoms. The van der Waals surface area contributed by atoms with E-state index in [1.807, 2.05) is 43.3 Å². The molecule has 0 unspecified atom stereocenters. The molecule has 1 aliphatic rings. The highest BCUT2D eigenvalue weighted by Crippen LogP contribution is 2.30. The van der Waals surface area contributed by atoms with Crippen molar-refractivity contribution in [3.8, 4) is 5.75 Å². The number of urea groups is 1. The second kappa shape index (κ2) is 8.52. The minimum absolute atomic E-state index is 0.126. The maximum atomic E-state index is 12.6. The summed E-state index contributed by atoms with van der Waals surface area (Å²) in [4.78, 5) is 16.5. The molecule has 0 atom stereocenters. The maximum absolute atomic E-state index is 12.6. The number of para-hydroxylation sites is 2. The quantitative estimate of drug-likeness (QED) is 0.814. The number of anilines is 2.